The van der Waals surface area contributed by atoms with Gasteiger partial charge in [0.25, 0.3) is 0 Å². The molecule has 7 heteroatoms. The van der Waals surface area contributed by atoms with Crippen molar-refractivity contribution in [1.82, 2.24) is 20.4 Å². The van der Waals surface area contributed by atoms with E-state index in [-0.39, 0.29) is 35.3 Å². The van der Waals surface area contributed by atoms with Crippen molar-refractivity contribution >= 4 is 35.8 Å². The van der Waals surface area contributed by atoms with Gasteiger partial charge in [-0.25, -0.2) is 0 Å². The van der Waals surface area contributed by atoms with Crippen LogP contribution in [0.25, 0.3) is 0 Å². The zero-order chi connectivity index (χ0) is 16.9. The van der Waals surface area contributed by atoms with Crippen molar-refractivity contribution < 1.29 is 4.79 Å². The maximum atomic E-state index is 11.6. The summed E-state index contributed by atoms with van der Waals surface area (Å²) in [5.74, 6) is 1.20. The van der Waals surface area contributed by atoms with Crippen LogP contribution in [0.4, 0.5) is 0 Å². The molecule has 24 heavy (non-hydrogen) atoms. The number of likely N-dealkylation sites (N-methyl/N-ethyl adjacent to an activating group) is 1. The minimum atomic E-state index is 0. The fourth-order valence-corrected chi connectivity index (χ4v) is 3.43. The van der Waals surface area contributed by atoms with Gasteiger partial charge in [-0.05, 0) is 40.7 Å². The van der Waals surface area contributed by atoms with Gasteiger partial charge in [-0.2, -0.15) is 0 Å². The van der Waals surface area contributed by atoms with Crippen LogP contribution in [0, 0.1) is 5.41 Å². The molecule has 0 aromatic heterocycles. The van der Waals surface area contributed by atoms with Gasteiger partial charge in [-0.3, -0.25) is 9.79 Å². The molecule has 0 aromatic rings. The first-order valence-electron chi connectivity index (χ1n) is 8.96. The molecule has 2 saturated heterocycles. The number of hydrogen-bond acceptors (Lipinski definition) is 3. The van der Waals surface area contributed by atoms with Crippen LogP contribution in [0.2, 0.25) is 0 Å². The third-order valence-electron chi connectivity index (χ3n) is 5.09. The number of hydrogen-bond donors (Lipinski definition) is 2. The van der Waals surface area contributed by atoms with E-state index >= 15 is 0 Å². The van der Waals surface area contributed by atoms with Crippen LogP contribution in [0.1, 0.15) is 40.0 Å². The van der Waals surface area contributed by atoms with Crippen LogP contribution in [0.15, 0.2) is 4.99 Å². The zero-order valence-electron chi connectivity index (χ0n) is 15.6. The quantitative estimate of drug-likeness (QED) is 0.378. The predicted molar refractivity (Wildman–Crippen MR) is 110 cm³/mol. The lowest BCUT2D eigenvalue weighted by Gasteiger charge is -2.40. The Kier molecular flexibility index (Phi) is 8.76. The number of nitrogens with zero attached hydrogens (tertiary/aromatic N) is 3. The molecule has 0 bridgehead atoms. The summed E-state index contributed by atoms with van der Waals surface area (Å²) in [6.45, 7) is 11.9. The molecular weight excluding hydrogens is 417 g/mol. The summed E-state index contributed by atoms with van der Waals surface area (Å²) in [5.41, 5.74) is 0.111. The van der Waals surface area contributed by atoms with Gasteiger partial charge in [0.05, 0.1) is 6.54 Å². The first-order valence-corrected chi connectivity index (χ1v) is 8.96. The van der Waals surface area contributed by atoms with Crippen molar-refractivity contribution in [2.45, 2.75) is 46.1 Å². The zero-order valence-corrected chi connectivity index (χ0v) is 17.9. The number of carbonyl (C=O) groups is 1. The van der Waals surface area contributed by atoms with E-state index in [9.17, 15) is 4.79 Å². The molecule has 2 heterocycles. The van der Waals surface area contributed by atoms with Crippen molar-refractivity contribution in [3.05, 3.63) is 0 Å². The molecule has 140 valence electrons. The first-order chi connectivity index (χ1) is 11.0. The Morgan fingerprint density at radius 3 is 2.83 bits per heavy atom. The Morgan fingerprint density at radius 1 is 1.50 bits per heavy atom. The highest BCUT2D eigenvalue weighted by molar-refractivity contribution is 14.0. The standard InChI is InChI=1S/C17H33N5O.HI/c1-5-18-16(19-8-10-21(4)14(2)3)22-9-6-7-17(13-22)11-15(23)20-12-17;/h14H,5-13H2,1-4H3,(H,18,19)(H,20,23);1H. The van der Waals surface area contributed by atoms with Crippen LogP contribution in [0.3, 0.4) is 0 Å². The molecular formula is C17H34IN5O. The average molecular weight is 451 g/mol. The number of carbonyl (C=O) groups excluding carboxylic acids is 1. The average Bonchev–Trinajstić information content (AvgIpc) is 2.86. The number of piperidine rings is 1. The van der Waals surface area contributed by atoms with Crippen molar-refractivity contribution in [1.29, 1.82) is 0 Å². The monoisotopic (exact) mass is 451 g/mol. The van der Waals surface area contributed by atoms with E-state index in [2.05, 4.69) is 48.3 Å². The maximum Gasteiger partial charge on any atom is 0.220 e. The van der Waals surface area contributed by atoms with Crippen molar-refractivity contribution in [2.24, 2.45) is 10.4 Å². The number of halogens is 1. The van der Waals surface area contributed by atoms with Crippen LogP contribution in [-0.2, 0) is 4.79 Å². The molecule has 0 saturated carbocycles. The summed E-state index contributed by atoms with van der Waals surface area (Å²) in [6.07, 6.45) is 2.93. The highest BCUT2D eigenvalue weighted by Gasteiger charge is 2.42. The second-order valence-corrected chi connectivity index (χ2v) is 7.29. The van der Waals surface area contributed by atoms with E-state index < -0.39 is 0 Å². The molecule has 1 amide bonds. The lowest BCUT2D eigenvalue weighted by Crippen LogP contribution is -2.51. The minimum Gasteiger partial charge on any atom is -0.357 e. The van der Waals surface area contributed by atoms with Gasteiger partial charge >= 0.3 is 0 Å². The topological polar surface area (TPSA) is 60.0 Å². The molecule has 2 aliphatic rings. The van der Waals surface area contributed by atoms with E-state index in [1.165, 1.54) is 0 Å². The van der Waals surface area contributed by atoms with Gasteiger partial charge in [0.15, 0.2) is 5.96 Å². The summed E-state index contributed by atoms with van der Waals surface area (Å²) >= 11 is 0. The second-order valence-electron chi connectivity index (χ2n) is 7.29. The molecule has 1 unspecified atom stereocenters. The third-order valence-corrected chi connectivity index (χ3v) is 5.09. The molecule has 0 radical (unpaired) electrons. The van der Waals surface area contributed by atoms with Crippen molar-refractivity contribution in [3.63, 3.8) is 0 Å². The van der Waals surface area contributed by atoms with E-state index in [1.807, 2.05) is 0 Å². The second kappa shape index (κ2) is 9.79. The summed E-state index contributed by atoms with van der Waals surface area (Å²) in [6, 6.07) is 0.543. The lowest BCUT2D eigenvalue weighted by molar-refractivity contribution is -0.119. The highest BCUT2D eigenvalue weighted by atomic mass is 127. The molecule has 2 fully saturated rings. The molecule has 2 N–H and O–H groups in total. The van der Waals surface area contributed by atoms with Gasteiger partial charge in [0.2, 0.25) is 5.91 Å². The van der Waals surface area contributed by atoms with E-state index in [1.54, 1.807) is 0 Å². The third kappa shape index (κ3) is 5.75. The number of amides is 1. The largest absolute Gasteiger partial charge is 0.357 e. The number of guanidine groups is 1. The molecule has 2 rings (SSSR count). The Morgan fingerprint density at radius 2 is 2.25 bits per heavy atom. The van der Waals surface area contributed by atoms with E-state index in [0.29, 0.717) is 12.5 Å². The summed E-state index contributed by atoms with van der Waals surface area (Å²) in [7, 11) is 2.14. The minimum absolute atomic E-state index is 0. The summed E-state index contributed by atoms with van der Waals surface area (Å²) < 4.78 is 0. The predicted octanol–water partition coefficient (Wildman–Crippen LogP) is 1.51. The van der Waals surface area contributed by atoms with Gasteiger partial charge in [-0.1, -0.05) is 0 Å². The SMILES string of the molecule is CCNC(=NCCN(C)C(C)C)N1CCCC2(CNC(=O)C2)C1.I. The van der Waals surface area contributed by atoms with E-state index in [0.717, 1.165) is 58.1 Å². The molecule has 0 aliphatic carbocycles. The van der Waals surface area contributed by atoms with E-state index in [4.69, 9.17) is 4.99 Å². The summed E-state index contributed by atoms with van der Waals surface area (Å²) in [5, 5.41) is 6.43. The van der Waals surface area contributed by atoms with Gasteiger partial charge in [0, 0.05) is 50.6 Å². The first kappa shape index (κ1) is 21.5. The Balaban J connectivity index is 0.00000288. The molecule has 6 nitrogen and oxygen atoms in total. The molecule has 2 aliphatic heterocycles. The lowest BCUT2D eigenvalue weighted by atomic mass is 9.79. The maximum absolute atomic E-state index is 11.6. The molecule has 1 spiro atoms. The fraction of sp³-hybridized carbons (Fsp3) is 0.882. The Labute approximate surface area is 163 Å². The molecule has 1 atom stereocenters. The van der Waals surface area contributed by atoms with Gasteiger partial charge < -0.3 is 20.4 Å². The molecule has 0 aromatic carbocycles. The van der Waals surface area contributed by atoms with Crippen LogP contribution in [0.5, 0.6) is 0 Å². The van der Waals surface area contributed by atoms with Crippen molar-refractivity contribution in [2.75, 3.05) is 46.3 Å². The number of rotatable bonds is 5. The van der Waals surface area contributed by atoms with Crippen LogP contribution < -0.4 is 10.6 Å². The highest BCUT2D eigenvalue weighted by Crippen LogP contribution is 2.35. The Hall–Kier alpha value is -0.570. The van der Waals surface area contributed by atoms with Gasteiger partial charge in [0.1, 0.15) is 0 Å². The van der Waals surface area contributed by atoms with Crippen molar-refractivity contribution in [3.8, 4) is 0 Å². The smallest absolute Gasteiger partial charge is 0.220 e. The number of likely N-dealkylation sites (tertiary alicyclic amines) is 1. The Bertz CT molecular complexity index is 443. The summed E-state index contributed by atoms with van der Waals surface area (Å²) in [4.78, 5) is 21.1. The normalized spacial score (nSPS) is 24.5. The van der Waals surface area contributed by atoms with Gasteiger partial charge in [-0.15, -0.1) is 24.0 Å². The van der Waals surface area contributed by atoms with Crippen LogP contribution >= 0.6 is 24.0 Å². The fourth-order valence-electron chi connectivity index (χ4n) is 3.43. The van der Waals surface area contributed by atoms with Crippen LogP contribution in [-0.4, -0.2) is 74.0 Å². The number of nitrogens with one attached hydrogen (secondary N) is 2. The number of aliphatic imine (C=N–C) groups is 1.